The van der Waals surface area contributed by atoms with Gasteiger partial charge in [-0.3, -0.25) is 0 Å². The van der Waals surface area contributed by atoms with Gasteiger partial charge in [0.25, 0.3) is 0 Å². The lowest BCUT2D eigenvalue weighted by Crippen LogP contribution is -2.10. The molecule has 5 nitrogen and oxygen atoms in total. The molecule has 4 rings (SSSR count). The molecular formula is C19H12O5S. The van der Waals surface area contributed by atoms with Crippen LogP contribution in [0.4, 0.5) is 0 Å². The predicted octanol–water partition coefficient (Wildman–Crippen LogP) is 4.65. The minimum Gasteiger partial charge on any atom is -0.497 e. The van der Waals surface area contributed by atoms with E-state index >= 15 is 0 Å². The molecule has 0 saturated carbocycles. The monoisotopic (exact) mass is 352 g/mol. The van der Waals surface area contributed by atoms with E-state index in [0.717, 1.165) is 10.1 Å². The Kier molecular flexibility index (Phi) is 3.74. The number of thiophene rings is 1. The van der Waals surface area contributed by atoms with Crippen LogP contribution in [0.25, 0.3) is 21.1 Å². The van der Waals surface area contributed by atoms with Gasteiger partial charge < -0.3 is 13.9 Å². The summed E-state index contributed by atoms with van der Waals surface area (Å²) in [7, 11) is 1.56. The van der Waals surface area contributed by atoms with E-state index in [0.29, 0.717) is 21.6 Å². The van der Waals surface area contributed by atoms with Crippen molar-refractivity contribution in [2.45, 2.75) is 0 Å². The van der Waals surface area contributed by atoms with E-state index in [-0.39, 0.29) is 5.76 Å². The molecule has 25 heavy (non-hydrogen) atoms. The molecule has 0 bridgehead atoms. The van der Waals surface area contributed by atoms with Crippen molar-refractivity contribution in [3.63, 3.8) is 0 Å². The summed E-state index contributed by atoms with van der Waals surface area (Å²) in [4.78, 5) is 24.8. The van der Waals surface area contributed by atoms with Crippen molar-refractivity contribution >= 4 is 44.3 Å². The van der Waals surface area contributed by atoms with Crippen LogP contribution in [0.3, 0.4) is 0 Å². The summed E-state index contributed by atoms with van der Waals surface area (Å²) in [6.45, 7) is 0. The largest absolute Gasteiger partial charge is 0.497 e. The number of benzene rings is 2. The SMILES string of the molecule is COc1ccc2oc(C(=O)OC(=O)c3cc4ccccc4s3)cc2c1. The fourth-order valence-electron chi connectivity index (χ4n) is 2.52. The van der Waals surface area contributed by atoms with Crippen LogP contribution in [0.1, 0.15) is 20.2 Å². The summed E-state index contributed by atoms with van der Waals surface area (Å²) in [5.74, 6) is -0.894. The van der Waals surface area contributed by atoms with Crippen molar-refractivity contribution in [3.05, 3.63) is 65.2 Å². The first kappa shape index (κ1) is 15.4. The fourth-order valence-corrected chi connectivity index (χ4v) is 3.46. The Balaban J connectivity index is 1.57. The van der Waals surface area contributed by atoms with Gasteiger partial charge in [-0.05, 0) is 41.8 Å². The van der Waals surface area contributed by atoms with E-state index in [1.54, 1.807) is 31.4 Å². The first-order valence-electron chi connectivity index (χ1n) is 7.47. The van der Waals surface area contributed by atoms with E-state index in [1.165, 1.54) is 17.4 Å². The predicted molar refractivity (Wildman–Crippen MR) is 94.3 cm³/mol. The van der Waals surface area contributed by atoms with Gasteiger partial charge in [-0.15, -0.1) is 11.3 Å². The fraction of sp³-hybridized carbons (Fsp3) is 0.0526. The van der Waals surface area contributed by atoms with Crippen LogP contribution >= 0.6 is 11.3 Å². The molecule has 4 aromatic rings. The molecule has 6 heteroatoms. The number of carbonyl (C=O) groups excluding carboxylic acids is 2. The highest BCUT2D eigenvalue weighted by atomic mass is 32.1. The maximum Gasteiger partial charge on any atom is 0.382 e. The Bertz CT molecular complexity index is 1070. The number of rotatable bonds is 3. The Morgan fingerprint density at radius 2 is 1.80 bits per heavy atom. The highest BCUT2D eigenvalue weighted by Gasteiger charge is 2.20. The normalized spacial score (nSPS) is 10.9. The summed E-state index contributed by atoms with van der Waals surface area (Å²) in [5, 5.41) is 1.63. The summed E-state index contributed by atoms with van der Waals surface area (Å²) in [6, 6.07) is 16.0. The molecule has 0 unspecified atom stereocenters. The molecule has 0 amide bonds. The van der Waals surface area contributed by atoms with Crippen LogP contribution in [-0.4, -0.2) is 19.0 Å². The highest BCUT2D eigenvalue weighted by Crippen LogP contribution is 2.27. The number of furan rings is 1. The molecule has 0 aliphatic rings. The Hall–Kier alpha value is -3.12. The molecular weight excluding hydrogens is 340 g/mol. The number of esters is 2. The van der Waals surface area contributed by atoms with Crippen LogP contribution in [0.15, 0.2) is 59.0 Å². The van der Waals surface area contributed by atoms with Gasteiger partial charge in [0, 0.05) is 10.1 Å². The van der Waals surface area contributed by atoms with E-state index < -0.39 is 11.9 Å². The smallest absolute Gasteiger partial charge is 0.382 e. The minimum absolute atomic E-state index is 0.0299. The Morgan fingerprint density at radius 3 is 2.60 bits per heavy atom. The van der Waals surface area contributed by atoms with Crippen LogP contribution in [0, 0.1) is 0 Å². The van der Waals surface area contributed by atoms with Gasteiger partial charge in [0.1, 0.15) is 16.2 Å². The molecule has 0 radical (unpaired) electrons. The van der Waals surface area contributed by atoms with Gasteiger partial charge in [0.05, 0.1) is 7.11 Å². The lowest BCUT2D eigenvalue weighted by molar-refractivity contribution is 0.0380. The zero-order valence-corrected chi connectivity index (χ0v) is 14.0. The molecule has 0 spiro atoms. The average Bonchev–Trinajstić information content (AvgIpc) is 3.24. The van der Waals surface area contributed by atoms with Gasteiger partial charge in [-0.1, -0.05) is 18.2 Å². The van der Waals surface area contributed by atoms with Crippen LogP contribution in [0.2, 0.25) is 0 Å². The number of carbonyl (C=O) groups is 2. The zero-order valence-electron chi connectivity index (χ0n) is 13.1. The van der Waals surface area contributed by atoms with Crippen molar-refractivity contribution < 1.29 is 23.5 Å². The van der Waals surface area contributed by atoms with Gasteiger partial charge in [-0.2, -0.15) is 0 Å². The van der Waals surface area contributed by atoms with Gasteiger partial charge >= 0.3 is 11.9 Å². The van der Waals surface area contributed by atoms with E-state index in [1.807, 2.05) is 24.3 Å². The maximum absolute atomic E-state index is 12.2. The van der Waals surface area contributed by atoms with Gasteiger partial charge in [-0.25, -0.2) is 9.59 Å². The van der Waals surface area contributed by atoms with Crippen LogP contribution in [-0.2, 0) is 4.74 Å². The third-order valence-electron chi connectivity index (χ3n) is 3.74. The second-order valence-electron chi connectivity index (χ2n) is 5.34. The van der Waals surface area contributed by atoms with Crippen LogP contribution < -0.4 is 4.74 Å². The van der Waals surface area contributed by atoms with Crippen molar-refractivity contribution in [1.29, 1.82) is 0 Å². The lowest BCUT2D eigenvalue weighted by atomic mass is 10.2. The molecule has 2 heterocycles. The number of ether oxygens (including phenoxy) is 2. The highest BCUT2D eigenvalue weighted by molar-refractivity contribution is 7.20. The van der Waals surface area contributed by atoms with Crippen LogP contribution in [0.5, 0.6) is 5.75 Å². The maximum atomic E-state index is 12.2. The lowest BCUT2D eigenvalue weighted by Gasteiger charge is -1.97. The topological polar surface area (TPSA) is 65.7 Å². The summed E-state index contributed by atoms with van der Waals surface area (Å²) < 4.78 is 16.5. The molecule has 2 aromatic heterocycles. The average molecular weight is 352 g/mol. The quantitative estimate of drug-likeness (QED) is 0.396. The van der Waals surface area contributed by atoms with E-state index in [4.69, 9.17) is 13.9 Å². The standard InChI is InChI=1S/C19H12O5S/c1-22-13-6-7-14-12(8-13)9-15(23-14)18(20)24-19(21)17-10-11-4-2-3-5-16(11)25-17/h2-10H,1H3. The summed E-state index contributed by atoms with van der Waals surface area (Å²) in [6.07, 6.45) is 0. The molecule has 0 saturated heterocycles. The summed E-state index contributed by atoms with van der Waals surface area (Å²) >= 11 is 1.28. The molecule has 2 aromatic carbocycles. The number of methoxy groups -OCH3 is 1. The zero-order chi connectivity index (χ0) is 17.4. The van der Waals surface area contributed by atoms with Crippen molar-refractivity contribution in [2.24, 2.45) is 0 Å². The second kappa shape index (κ2) is 6.07. The number of hydrogen-bond donors (Lipinski definition) is 0. The second-order valence-corrected chi connectivity index (χ2v) is 6.42. The molecule has 0 N–H and O–H groups in total. The third-order valence-corrected chi connectivity index (χ3v) is 4.83. The summed E-state index contributed by atoms with van der Waals surface area (Å²) in [5.41, 5.74) is 0.516. The molecule has 0 aliphatic heterocycles. The molecule has 0 atom stereocenters. The molecule has 0 aliphatic carbocycles. The first-order valence-corrected chi connectivity index (χ1v) is 8.28. The van der Waals surface area contributed by atoms with E-state index in [2.05, 4.69) is 0 Å². The number of fused-ring (bicyclic) bond motifs is 2. The first-order chi connectivity index (χ1) is 12.1. The molecule has 124 valence electrons. The van der Waals surface area contributed by atoms with Gasteiger partial charge in [0.2, 0.25) is 5.76 Å². The van der Waals surface area contributed by atoms with Crippen molar-refractivity contribution in [3.8, 4) is 5.75 Å². The third kappa shape index (κ3) is 2.88. The number of hydrogen-bond acceptors (Lipinski definition) is 6. The Morgan fingerprint density at radius 1 is 0.960 bits per heavy atom. The van der Waals surface area contributed by atoms with Crippen molar-refractivity contribution in [2.75, 3.05) is 7.11 Å². The molecule has 0 fully saturated rings. The Labute approximate surface area is 146 Å². The minimum atomic E-state index is -0.822. The van der Waals surface area contributed by atoms with Crippen molar-refractivity contribution in [1.82, 2.24) is 0 Å². The van der Waals surface area contributed by atoms with Gasteiger partial charge in [0.15, 0.2) is 0 Å². The van der Waals surface area contributed by atoms with E-state index in [9.17, 15) is 9.59 Å².